The van der Waals surface area contributed by atoms with E-state index in [9.17, 15) is 0 Å². The minimum Gasteiger partial charge on any atom is -0.309 e. The van der Waals surface area contributed by atoms with Crippen molar-refractivity contribution in [3.63, 3.8) is 0 Å². The number of aryl methyl sites for hydroxylation is 2. The van der Waals surface area contributed by atoms with Crippen molar-refractivity contribution in [1.29, 1.82) is 0 Å². The van der Waals surface area contributed by atoms with Gasteiger partial charge in [0, 0.05) is 10.9 Å². The lowest BCUT2D eigenvalue weighted by Gasteiger charge is -2.06. The summed E-state index contributed by atoms with van der Waals surface area (Å²) in [7, 11) is 0. The van der Waals surface area contributed by atoms with Crippen LogP contribution < -0.4 is 5.32 Å². The predicted octanol–water partition coefficient (Wildman–Crippen LogP) is 2.18. The van der Waals surface area contributed by atoms with Gasteiger partial charge in [-0.05, 0) is 33.2 Å². The summed E-state index contributed by atoms with van der Waals surface area (Å²) in [4.78, 5) is 5.88. The number of nitrogens with zero attached hydrogens (tertiary/aromatic N) is 1. The number of rotatable bonds is 1. The van der Waals surface area contributed by atoms with Crippen molar-refractivity contribution in [3.05, 3.63) is 15.6 Å². The average molecular weight is 182 g/mol. The summed E-state index contributed by atoms with van der Waals surface area (Å²) in [6.45, 7) is 5.36. The highest BCUT2D eigenvalue weighted by Gasteiger charge is 2.20. The number of nitrogens with one attached hydrogen (secondary N) is 1. The molecule has 66 valence electrons. The van der Waals surface area contributed by atoms with E-state index in [1.807, 2.05) is 11.3 Å². The Morgan fingerprint density at radius 3 is 2.83 bits per heavy atom. The van der Waals surface area contributed by atoms with Crippen LogP contribution in [0, 0.1) is 13.8 Å². The number of hydrogen-bond donors (Lipinski definition) is 1. The van der Waals surface area contributed by atoms with Gasteiger partial charge in [-0.2, -0.15) is 0 Å². The first-order valence-electron chi connectivity index (χ1n) is 4.44. The van der Waals surface area contributed by atoms with E-state index in [1.165, 1.54) is 35.0 Å². The van der Waals surface area contributed by atoms with Gasteiger partial charge in [-0.15, -0.1) is 11.3 Å². The average Bonchev–Trinajstić information content (AvgIpc) is 2.58. The molecule has 0 spiro atoms. The second kappa shape index (κ2) is 3.15. The minimum atomic E-state index is 0.594. The van der Waals surface area contributed by atoms with Gasteiger partial charge in [0.05, 0.1) is 10.7 Å². The molecule has 0 aliphatic carbocycles. The van der Waals surface area contributed by atoms with Gasteiger partial charge < -0.3 is 5.32 Å². The molecule has 3 heteroatoms. The highest BCUT2D eigenvalue weighted by molar-refractivity contribution is 7.11. The van der Waals surface area contributed by atoms with Crippen molar-refractivity contribution < 1.29 is 0 Å². The maximum Gasteiger partial charge on any atom is 0.0900 e. The first kappa shape index (κ1) is 8.20. The summed E-state index contributed by atoms with van der Waals surface area (Å²) in [5.41, 5.74) is 1.22. The molecule has 12 heavy (non-hydrogen) atoms. The van der Waals surface area contributed by atoms with Crippen molar-refractivity contribution in [1.82, 2.24) is 10.3 Å². The SMILES string of the molecule is Cc1nc(C)c(C2CCCN2)s1. The summed E-state index contributed by atoms with van der Waals surface area (Å²) in [5.74, 6) is 0. The van der Waals surface area contributed by atoms with Crippen LogP contribution in [0.25, 0.3) is 0 Å². The second-order valence-electron chi connectivity index (χ2n) is 3.33. The van der Waals surface area contributed by atoms with E-state index < -0.39 is 0 Å². The van der Waals surface area contributed by atoms with Gasteiger partial charge in [-0.3, -0.25) is 0 Å². The fraction of sp³-hybridized carbons (Fsp3) is 0.667. The molecule has 2 heterocycles. The summed E-state index contributed by atoms with van der Waals surface area (Å²) >= 11 is 1.84. The van der Waals surface area contributed by atoms with Crippen molar-refractivity contribution in [2.24, 2.45) is 0 Å². The van der Waals surface area contributed by atoms with Crippen LogP contribution in [0.1, 0.15) is 34.5 Å². The summed E-state index contributed by atoms with van der Waals surface area (Å²) in [6.07, 6.45) is 2.59. The smallest absolute Gasteiger partial charge is 0.0900 e. The van der Waals surface area contributed by atoms with Crippen molar-refractivity contribution in [2.45, 2.75) is 32.7 Å². The van der Waals surface area contributed by atoms with Gasteiger partial charge >= 0.3 is 0 Å². The third-order valence-electron chi connectivity index (χ3n) is 2.32. The molecule has 1 fully saturated rings. The highest BCUT2D eigenvalue weighted by Crippen LogP contribution is 2.30. The number of thiazole rings is 1. The lowest BCUT2D eigenvalue weighted by Crippen LogP contribution is -2.12. The summed E-state index contributed by atoms with van der Waals surface area (Å²) in [6, 6.07) is 0.594. The molecule has 1 saturated heterocycles. The van der Waals surface area contributed by atoms with E-state index >= 15 is 0 Å². The Hall–Kier alpha value is -0.410. The Morgan fingerprint density at radius 1 is 1.50 bits per heavy atom. The Kier molecular flexibility index (Phi) is 2.15. The Morgan fingerprint density at radius 2 is 2.33 bits per heavy atom. The van der Waals surface area contributed by atoms with E-state index in [1.54, 1.807) is 0 Å². The maximum atomic E-state index is 4.43. The molecule has 0 radical (unpaired) electrons. The quantitative estimate of drug-likeness (QED) is 0.720. The molecule has 1 aromatic rings. The zero-order valence-electron chi connectivity index (χ0n) is 7.55. The first-order chi connectivity index (χ1) is 5.77. The first-order valence-corrected chi connectivity index (χ1v) is 5.26. The zero-order valence-corrected chi connectivity index (χ0v) is 8.37. The van der Waals surface area contributed by atoms with Gasteiger partial charge in [0.1, 0.15) is 0 Å². The highest BCUT2D eigenvalue weighted by atomic mass is 32.1. The maximum absolute atomic E-state index is 4.43. The Balaban J connectivity index is 2.25. The van der Waals surface area contributed by atoms with E-state index in [0.717, 1.165) is 0 Å². The van der Waals surface area contributed by atoms with Crippen molar-refractivity contribution in [3.8, 4) is 0 Å². The Bertz CT molecular complexity index is 274. The van der Waals surface area contributed by atoms with Gasteiger partial charge in [0.25, 0.3) is 0 Å². The van der Waals surface area contributed by atoms with Crippen molar-refractivity contribution in [2.75, 3.05) is 6.54 Å². The van der Waals surface area contributed by atoms with E-state index in [2.05, 4.69) is 24.1 Å². The van der Waals surface area contributed by atoms with Crippen LogP contribution in [0.4, 0.5) is 0 Å². The summed E-state index contributed by atoms with van der Waals surface area (Å²) < 4.78 is 0. The molecule has 0 aromatic carbocycles. The normalized spacial score (nSPS) is 23.3. The molecule has 1 unspecified atom stereocenters. The largest absolute Gasteiger partial charge is 0.309 e. The van der Waals surface area contributed by atoms with Crippen LogP contribution in [0.5, 0.6) is 0 Å². The molecule has 2 rings (SSSR count). The monoisotopic (exact) mass is 182 g/mol. The van der Waals surface area contributed by atoms with Crippen LogP contribution in [0.2, 0.25) is 0 Å². The summed E-state index contributed by atoms with van der Waals surface area (Å²) in [5, 5.41) is 4.69. The molecule has 2 nitrogen and oxygen atoms in total. The molecule has 0 bridgehead atoms. The van der Waals surface area contributed by atoms with Crippen LogP contribution in [0.3, 0.4) is 0 Å². The fourth-order valence-electron chi connectivity index (χ4n) is 1.78. The molecule has 1 aliphatic rings. The van der Waals surface area contributed by atoms with Crippen LogP contribution >= 0.6 is 11.3 Å². The number of aromatic nitrogens is 1. The predicted molar refractivity (Wildman–Crippen MR) is 51.6 cm³/mol. The van der Waals surface area contributed by atoms with E-state index in [-0.39, 0.29) is 0 Å². The molecule has 1 atom stereocenters. The number of hydrogen-bond acceptors (Lipinski definition) is 3. The Labute approximate surface area is 77.0 Å². The van der Waals surface area contributed by atoms with Crippen molar-refractivity contribution >= 4 is 11.3 Å². The van der Waals surface area contributed by atoms with Gasteiger partial charge in [-0.25, -0.2) is 4.98 Å². The molecule has 1 aliphatic heterocycles. The standard InChI is InChI=1S/C9H14N2S/c1-6-9(12-7(2)11-6)8-4-3-5-10-8/h8,10H,3-5H2,1-2H3. The topological polar surface area (TPSA) is 24.9 Å². The fourth-order valence-corrected chi connectivity index (χ4v) is 2.82. The van der Waals surface area contributed by atoms with Gasteiger partial charge in [-0.1, -0.05) is 0 Å². The van der Waals surface area contributed by atoms with E-state index in [0.29, 0.717) is 6.04 Å². The third-order valence-corrected chi connectivity index (χ3v) is 3.50. The molecule has 0 amide bonds. The van der Waals surface area contributed by atoms with Crippen LogP contribution in [-0.2, 0) is 0 Å². The van der Waals surface area contributed by atoms with E-state index in [4.69, 9.17) is 0 Å². The minimum absolute atomic E-state index is 0.594. The van der Waals surface area contributed by atoms with Gasteiger partial charge in [0.15, 0.2) is 0 Å². The zero-order chi connectivity index (χ0) is 8.55. The van der Waals surface area contributed by atoms with Crippen LogP contribution in [0.15, 0.2) is 0 Å². The molecule has 1 aromatic heterocycles. The lowest BCUT2D eigenvalue weighted by atomic mass is 10.2. The molecular formula is C9H14N2S. The molecule has 1 N–H and O–H groups in total. The lowest BCUT2D eigenvalue weighted by molar-refractivity contribution is 0.654. The molecule has 0 saturated carbocycles. The van der Waals surface area contributed by atoms with Crippen LogP contribution in [-0.4, -0.2) is 11.5 Å². The third kappa shape index (κ3) is 1.39. The second-order valence-corrected chi connectivity index (χ2v) is 4.57. The van der Waals surface area contributed by atoms with Gasteiger partial charge in [0.2, 0.25) is 0 Å². The molecular weight excluding hydrogens is 168 g/mol.